The Morgan fingerprint density at radius 1 is 1.10 bits per heavy atom. The van der Waals surface area contributed by atoms with Gasteiger partial charge in [-0.3, -0.25) is 4.79 Å². The molecule has 0 saturated heterocycles. The predicted octanol–water partition coefficient (Wildman–Crippen LogP) is 3.41. The Kier molecular flexibility index (Phi) is 4.63. The number of amides is 1. The zero-order chi connectivity index (χ0) is 15.4. The van der Waals surface area contributed by atoms with E-state index in [1.54, 1.807) is 11.0 Å². The van der Waals surface area contributed by atoms with Gasteiger partial charge < -0.3 is 10.6 Å². The predicted molar refractivity (Wildman–Crippen MR) is 87.2 cm³/mol. The van der Waals surface area contributed by atoms with Gasteiger partial charge in [0.15, 0.2) is 0 Å². The molecule has 0 heterocycles. The van der Waals surface area contributed by atoms with Crippen LogP contribution in [0.5, 0.6) is 0 Å². The topological polar surface area (TPSA) is 46.3 Å². The first-order valence-corrected chi connectivity index (χ1v) is 7.20. The Labute approximate surface area is 126 Å². The van der Waals surface area contributed by atoms with Gasteiger partial charge in [0.2, 0.25) is 0 Å². The third kappa shape index (κ3) is 3.85. The molecule has 0 aliphatic heterocycles. The van der Waals surface area contributed by atoms with Crippen molar-refractivity contribution in [1.29, 1.82) is 0 Å². The first-order valence-electron chi connectivity index (χ1n) is 7.20. The molecular weight excluding hydrogens is 260 g/mol. The number of rotatable bonds is 4. The van der Waals surface area contributed by atoms with Crippen molar-refractivity contribution >= 4 is 11.6 Å². The van der Waals surface area contributed by atoms with Gasteiger partial charge in [-0.1, -0.05) is 31.2 Å². The molecule has 2 N–H and O–H groups in total. The summed E-state index contributed by atoms with van der Waals surface area (Å²) >= 11 is 0. The summed E-state index contributed by atoms with van der Waals surface area (Å²) in [5, 5.41) is 0. The van der Waals surface area contributed by atoms with E-state index in [1.807, 2.05) is 26.1 Å². The van der Waals surface area contributed by atoms with Crippen LogP contribution < -0.4 is 5.73 Å². The molecule has 21 heavy (non-hydrogen) atoms. The fraction of sp³-hybridized carbons (Fsp3) is 0.278. The van der Waals surface area contributed by atoms with Crippen LogP contribution in [-0.4, -0.2) is 17.9 Å². The van der Waals surface area contributed by atoms with Crippen molar-refractivity contribution < 1.29 is 4.79 Å². The SMILES string of the molecule is CCc1ccc(CN(C)C(=O)c2cc(C)cc(N)c2)cc1. The van der Waals surface area contributed by atoms with Crippen LogP contribution in [0.25, 0.3) is 0 Å². The minimum Gasteiger partial charge on any atom is -0.399 e. The quantitative estimate of drug-likeness (QED) is 0.873. The molecule has 1 amide bonds. The van der Waals surface area contributed by atoms with Crippen molar-refractivity contribution in [2.24, 2.45) is 0 Å². The molecule has 0 bridgehead atoms. The van der Waals surface area contributed by atoms with Crippen LogP contribution in [0.3, 0.4) is 0 Å². The summed E-state index contributed by atoms with van der Waals surface area (Å²) in [6.07, 6.45) is 1.03. The number of carbonyl (C=O) groups excluding carboxylic acids is 1. The summed E-state index contributed by atoms with van der Waals surface area (Å²) < 4.78 is 0. The first-order chi connectivity index (χ1) is 9.99. The van der Waals surface area contributed by atoms with Crippen molar-refractivity contribution in [1.82, 2.24) is 4.90 Å². The van der Waals surface area contributed by atoms with E-state index in [2.05, 4.69) is 31.2 Å². The largest absolute Gasteiger partial charge is 0.399 e. The Hall–Kier alpha value is -2.29. The number of carbonyl (C=O) groups is 1. The molecule has 0 unspecified atom stereocenters. The highest BCUT2D eigenvalue weighted by atomic mass is 16.2. The number of nitrogens with two attached hydrogens (primary N) is 1. The molecule has 0 aromatic heterocycles. The summed E-state index contributed by atoms with van der Waals surface area (Å²) in [5.41, 5.74) is 10.5. The third-order valence-electron chi connectivity index (χ3n) is 3.54. The lowest BCUT2D eigenvalue weighted by molar-refractivity contribution is 0.0785. The number of benzene rings is 2. The standard InChI is InChI=1S/C18H22N2O/c1-4-14-5-7-15(8-6-14)12-20(3)18(21)16-9-13(2)10-17(19)11-16/h5-11H,4,12,19H2,1-3H3. The monoisotopic (exact) mass is 282 g/mol. The van der Waals surface area contributed by atoms with Gasteiger partial charge in [0.05, 0.1) is 0 Å². The van der Waals surface area contributed by atoms with Gasteiger partial charge >= 0.3 is 0 Å². The van der Waals surface area contributed by atoms with Crippen molar-refractivity contribution in [2.45, 2.75) is 26.8 Å². The smallest absolute Gasteiger partial charge is 0.253 e. The second-order valence-electron chi connectivity index (χ2n) is 5.46. The Bertz CT molecular complexity index is 612. The van der Waals surface area contributed by atoms with Crippen molar-refractivity contribution in [2.75, 3.05) is 12.8 Å². The van der Waals surface area contributed by atoms with Crippen LogP contribution >= 0.6 is 0 Å². The van der Waals surface area contributed by atoms with Gasteiger partial charge in [0, 0.05) is 24.8 Å². The molecule has 110 valence electrons. The Balaban J connectivity index is 2.11. The van der Waals surface area contributed by atoms with Crippen molar-refractivity contribution in [3.05, 3.63) is 64.7 Å². The maximum Gasteiger partial charge on any atom is 0.253 e. The fourth-order valence-corrected chi connectivity index (χ4v) is 2.38. The van der Waals surface area contributed by atoms with Crippen molar-refractivity contribution in [3.8, 4) is 0 Å². The molecule has 0 atom stereocenters. The molecule has 2 rings (SSSR count). The lowest BCUT2D eigenvalue weighted by Gasteiger charge is -2.18. The summed E-state index contributed by atoms with van der Waals surface area (Å²) in [6, 6.07) is 13.8. The zero-order valence-electron chi connectivity index (χ0n) is 12.9. The maximum atomic E-state index is 12.4. The van der Waals surface area contributed by atoms with Gasteiger partial charge in [0.1, 0.15) is 0 Å². The molecule has 0 radical (unpaired) electrons. The van der Waals surface area contributed by atoms with Crippen LogP contribution in [0.2, 0.25) is 0 Å². The minimum absolute atomic E-state index is 0.00929. The highest BCUT2D eigenvalue weighted by Crippen LogP contribution is 2.15. The van der Waals surface area contributed by atoms with Gasteiger partial charge in [0.25, 0.3) is 5.91 Å². The second-order valence-corrected chi connectivity index (χ2v) is 5.46. The number of aryl methyl sites for hydroxylation is 2. The fourth-order valence-electron chi connectivity index (χ4n) is 2.38. The van der Waals surface area contributed by atoms with Crippen molar-refractivity contribution in [3.63, 3.8) is 0 Å². The normalized spacial score (nSPS) is 10.4. The molecule has 2 aromatic rings. The number of hydrogen-bond donors (Lipinski definition) is 1. The number of nitrogens with zero attached hydrogens (tertiary/aromatic N) is 1. The van der Waals surface area contributed by atoms with Crippen LogP contribution in [0, 0.1) is 6.92 Å². The molecule has 0 aliphatic carbocycles. The summed E-state index contributed by atoms with van der Waals surface area (Å²) in [7, 11) is 1.81. The molecule has 0 fully saturated rings. The highest BCUT2D eigenvalue weighted by molar-refractivity contribution is 5.95. The molecular formula is C18H22N2O. The Morgan fingerprint density at radius 2 is 1.71 bits per heavy atom. The lowest BCUT2D eigenvalue weighted by Crippen LogP contribution is -2.26. The van der Waals surface area contributed by atoms with E-state index in [-0.39, 0.29) is 5.91 Å². The summed E-state index contributed by atoms with van der Waals surface area (Å²) in [5.74, 6) is -0.00929. The first kappa shape index (κ1) is 15.1. The van der Waals surface area contributed by atoms with Crippen LogP contribution in [0.15, 0.2) is 42.5 Å². The van der Waals surface area contributed by atoms with E-state index < -0.39 is 0 Å². The second kappa shape index (κ2) is 6.44. The number of nitrogen functional groups attached to an aromatic ring is 1. The van der Waals surface area contributed by atoms with Gasteiger partial charge in [-0.15, -0.1) is 0 Å². The molecule has 0 aliphatic rings. The van der Waals surface area contributed by atoms with E-state index in [9.17, 15) is 4.79 Å². The molecule has 3 nitrogen and oxygen atoms in total. The Morgan fingerprint density at radius 3 is 2.29 bits per heavy atom. The van der Waals surface area contributed by atoms with Crippen LogP contribution in [-0.2, 0) is 13.0 Å². The van der Waals surface area contributed by atoms with Crippen LogP contribution in [0.4, 0.5) is 5.69 Å². The average molecular weight is 282 g/mol. The van der Waals surface area contributed by atoms with Crippen LogP contribution in [0.1, 0.15) is 34.0 Å². The van der Waals surface area contributed by atoms with E-state index in [0.29, 0.717) is 17.8 Å². The van der Waals surface area contributed by atoms with Gasteiger partial charge in [-0.05, 0) is 48.2 Å². The highest BCUT2D eigenvalue weighted by Gasteiger charge is 2.13. The van der Waals surface area contributed by atoms with E-state index in [0.717, 1.165) is 17.5 Å². The molecule has 0 spiro atoms. The molecule has 2 aromatic carbocycles. The van der Waals surface area contributed by atoms with E-state index in [4.69, 9.17) is 5.73 Å². The summed E-state index contributed by atoms with van der Waals surface area (Å²) in [6.45, 7) is 4.67. The van der Waals surface area contributed by atoms with E-state index >= 15 is 0 Å². The maximum absolute atomic E-state index is 12.4. The number of anilines is 1. The molecule has 3 heteroatoms. The van der Waals surface area contributed by atoms with Gasteiger partial charge in [-0.2, -0.15) is 0 Å². The number of hydrogen-bond acceptors (Lipinski definition) is 2. The summed E-state index contributed by atoms with van der Waals surface area (Å²) in [4.78, 5) is 14.2. The third-order valence-corrected chi connectivity index (χ3v) is 3.54. The van der Waals surface area contributed by atoms with Gasteiger partial charge in [-0.25, -0.2) is 0 Å². The van der Waals surface area contributed by atoms with E-state index in [1.165, 1.54) is 5.56 Å². The minimum atomic E-state index is -0.00929. The average Bonchev–Trinajstić information content (AvgIpc) is 2.46. The zero-order valence-corrected chi connectivity index (χ0v) is 12.9. The molecule has 0 saturated carbocycles. The lowest BCUT2D eigenvalue weighted by atomic mass is 10.1.